The number of amides is 1. The first-order valence-corrected chi connectivity index (χ1v) is 8.99. The summed E-state index contributed by atoms with van der Waals surface area (Å²) in [6.45, 7) is 0. The molecule has 2 aliphatic carbocycles. The van der Waals surface area contributed by atoms with Crippen molar-refractivity contribution in [2.75, 3.05) is 0 Å². The van der Waals surface area contributed by atoms with Gasteiger partial charge in [-0.1, -0.05) is 18.2 Å². The third-order valence-electron chi connectivity index (χ3n) is 5.87. The van der Waals surface area contributed by atoms with Crippen LogP contribution in [0.4, 0.5) is 0 Å². The molecule has 1 aromatic rings. The van der Waals surface area contributed by atoms with Crippen LogP contribution in [0.15, 0.2) is 24.3 Å². The van der Waals surface area contributed by atoms with Gasteiger partial charge in [0.1, 0.15) is 11.4 Å². The number of fused-ring (bicyclic) bond motifs is 1. The topological polar surface area (TPSA) is 64.4 Å². The largest absolute Gasteiger partial charge is 0.487 e. The van der Waals surface area contributed by atoms with Gasteiger partial charge in [-0.25, -0.2) is 0 Å². The molecule has 1 spiro atoms. The molecule has 4 nitrogen and oxygen atoms in total. The van der Waals surface area contributed by atoms with Crippen LogP contribution in [0.1, 0.15) is 63.0 Å². The van der Waals surface area contributed by atoms with Crippen LogP contribution in [0, 0.1) is 5.92 Å². The number of hydrogen-bond donors (Lipinski definition) is 2. The smallest absolute Gasteiger partial charge is 0.223 e. The molecule has 1 aromatic carbocycles. The van der Waals surface area contributed by atoms with Crippen molar-refractivity contribution in [2.45, 2.75) is 69.1 Å². The van der Waals surface area contributed by atoms with E-state index in [1.807, 2.05) is 18.2 Å². The minimum absolute atomic E-state index is 0. The van der Waals surface area contributed by atoms with E-state index in [9.17, 15) is 4.79 Å². The van der Waals surface area contributed by atoms with E-state index in [4.69, 9.17) is 10.5 Å². The van der Waals surface area contributed by atoms with E-state index in [1.54, 1.807) is 0 Å². The summed E-state index contributed by atoms with van der Waals surface area (Å²) in [5.41, 5.74) is 7.02. The summed E-state index contributed by atoms with van der Waals surface area (Å²) in [6, 6.07) is 8.43. The number of rotatable bonds is 2. The zero-order valence-electron chi connectivity index (χ0n) is 14.0. The van der Waals surface area contributed by atoms with Gasteiger partial charge in [0.05, 0.1) is 6.04 Å². The number of carbonyl (C=O) groups excluding carboxylic acids is 1. The highest BCUT2D eigenvalue weighted by Crippen LogP contribution is 2.47. The predicted octanol–water partition coefficient (Wildman–Crippen LogP) is 3.49. The maximum absolute atomic E-state index is 12.7. The quantitative estimate of drug-likeness (QED) is 0.858. The van der Waals surface area contributed by atoms with Crippen LogP contribution < -0.4 is 15.8 Å². The molecule has 0 saturated heterocycles. The average molecular weight is 351 g/mol. The van der Waals surface area contributed by atoms with Gasteiger partial charge in [-0.05, 0) is 51.0 Å². The van der Waals surface area contributed by atoms with Gasteiger partial charge in [0.15, 0.2) is 0 Å². The fourth-order valence-electron chi connectivity index (χ4n) is 4.62. The van der Waals surface area contributed by atoms with E-state index in [1.165, 1.54) is 12.8 Å². The molecule has 1 amide bonds. The van der Waals surface area contributed by atoms with Gasteiger partial charge in [-0.3, -0.25) is 4.79 Å². The van der Waals surface area contributed by atoms with Crippen LogP contribution in [0.2, 0.25) is 0 Å². The molecule has 1 aliphatic heterocycles. The van der Waals surface area contributed by atoms with Crippen molar-refractivity contribution in [1.82, 2.24) is 5.32 Å². The van der Waals surface area contributed by atoms with Gasteiger partial charge in [0, 0.05) is 23.9 Å². The summed E-state index contributed by atoms with van der Waals surface area (Å²) in [7, 11) is 0. The summed E-state index contributed by atoms with van der Waals surface area (Å²) < 4.78 is 6.36. The molecule has 5 heteroatoms. The predicted molar refractivity (Wildman–Crippen MR) is 96.3 cm³/mol. The lowest BCUT2D eigenvalue weighted by molar-refractivity contribution is -0.126. The Labute approximate surface area is 149 Å². The Bertz CT molecular complexity index is 601. The summed E-state index contributed by atoms with van der Waals surface area (Å²) >= 11 is 0. The molecule has 1 heterocycles. The molecule has 2 fully saturated rings. The number of hydrogen-bond acceptors (Lipinski definition) is 3. The van der Waals surface area contributed by atoms with Crippen molar-refractivity contribution in [2.24, 2.45) is 11.7 Å². The third kappa shape index (κ3) is 3.27. The molecule has 3 atom stereocenters. The summed E-state index contributed by atoms with van der Waals surface area (Å²) in [5.74, 6) is 1.21. The standard InChI is InChI=1S/C19H26N2O2.ClH/c20-14-8-7-13(11-14)18(22)21-16-12-19(9-3-4-10-19)23-17-6-2-1-5-15(16)17;/h1-2,5-6,13-14,16H,3-4,7-12,20H2,(H,21,22);1H. The Kier molecular flexibility index (Phi) is 5.07. The molecule has 3 aliphatic rings. The van der Waals surface area contributed by atoms with Crippen LogP contribution in [-0.2, 0) is 4.79 Å². The number of halogens is 1. The van der Waals surface area contributed by atoms with Gasteiger partial charge in [-0.15, -0.1) is 12.4 Å². The SMILES string of the molecule is Cl.NC1CCC(C(=O)NC2CC3(CCCC3)Oc3ccccc32)C1. The van der Waals surface area contributed by atoms with E-state index < -0.39 is 0 Å². The first-order valence-electron chi connectivity index (χ1n) is 8.99. The maximum Gasteiger partial charge on any atom is 0.223 e. The van der Waals surface area contributed by atoms with Crippen molar-refractivity contribution in [3.63, 3.8) is 0 Å². The molecular formula is C19H27ClN2O2. The number of para-hydroxylation sites is 1. The second-order valence-electron chi connectivity index (χ2n) is 7.57. The van der Waals surface area contributed by atoms with Crippen molar-refractivity contribution < 1.29 is 9.53 Å². The fourth-order valence-corrected chi connectivity index (χ4v) is 4.62. The van der Waals surface area contributed by atoms with E-state index in [-0.39, 0.29) is 41.9 Å². The van der Waals surface area contributed by atoms with E-state index in [0.29, 0.717) is 0 Å². The number of nitrogens with one attached hydrogen (secondary N) is 1. The number of benzene rings is 1. The molecular weight excluding hydrogens is 324 g/mol. The minimum Gasteiger partial charge on any atom is -0.487 e. The second kappa shape index (κ2) is 6.93. The van der Waals surface area contributed by atoms with Gasteiger partial charge in [-0.2, -0.15) is 0 Å². The van der Waals surface area contributed by atoms with Crippen LogP contribution in [0.5, 0.6) is 5.75 Å². The highest BCUT2D eigenvalue weighted by atomic mass is 35.5. The first-order chi connectivity index (χ1) is 11.2. The molecule has 3 unspecified atom stereocenters. The first kappa shape index (κ1) is 17.6. The van der Waals surface area contributed by atoms with Crippen LogP contribution in [0.3, 0.4) is 0 Å². The summed E-state index contributed by atoms with van der Waals surface area (Å²) in [6.07, 6.45) is 8.25. The minimum atomic E-state index is -0.0711. The molecule has 0 bridgehead atoms. The Balaban J connectivity index is 0.00000169. The second-order valence-corrected chi connectivity index (χ2v) is 7.57. The molecule has 0 radical (unpaired) electrons. The maximum atomic E-state index is 12.7. The Hall–Kier alpha value is -1.26. The molecule has 3 N–H and O–H groups in total. The summed E-state index contributed by atoms with van der Waals surface area (Å²) in [5, 5.41) is 3.31. The Morgan fingerprint density at radius 2 is 1.96 bits per heavy atom. The lowest BCUT2D eigenvalue weighted by Gasteiger charge is -2.40. The molecule has 4 rings (SSSR count). The van der Waals surface area contributed by atoms with Crippen LogP contribution in [-0.4, -0.2) is 17.6 Å². The van der Waals surface area contributed by atoms with Crippen molar-refractivity contribution in [3.05, 3.63) is 29.8 Å². The average Bonchev–Trinajstić information content (AvgIpc) is 3.17. The number of carbonyl (C=O) groups is 1. The third-order valence-corrected chi connectivity index (χ3v) is 5.87. The van der Waals surface area contributed by atoms with Gasteiger partial charge >= 0.3 is 0 Å². The lowest BCUT2D eigenvalue weighted by atomic mass is 9.85. The van der Waals surface area contributed by atoms with Gasteiger partial charge in [0.2, 0.25) is 5.91 Å². The molecule has 132 valence electrons. The van der Waals surface area contributed by atoms with Crippen molar-refractivity contribution in [1.29, 1.82) is 0 Å². The number of ether oxygens (including phenoxy) is 1. The van der Waals surface area contributed by atoms with E-state index in [0.717, 1.165) is 49.8 Å². The Morgan fingerprint density at radius 1 is 1.21 bits per heavy atom. The monoisotopic (exact) mass is 350 g/mol. The zero-order valence-corrected chi connectivity index (χ0v) is 14.8. The normalized spacial score (nSPS) is 30.3. The number of nitrogens with two attached hydrogens (primary N) is 1. The van der Waals surface area contributed by atoms with Gasteiger partial charge in [0.25, 0.3) is 0 Å². The van der Waals surface area contributed by atoms with E-state index in [2.05, 4.69) is 11.4 Å². The van der Waals surface area contributed by atoms with E-state index >= 15 is 0 Å². The van der Waals surface area contributed by atoms with Crippen LogP contribution >= 0.6 is 12.4 Å². The highest BCUT2D eigenvalue weighted by molar-refractivity contribution is 5.85. The molecule has 24 heavy (non-hydrogen) atoms. The highest BCUT2D eigenvalue weighted by Gasteiger charge is 2.43. The lowest BCUT2D eigenvalue weighted by Crippen LogP contribution is -2.44. The Morgan fingerprint density at radius 3 is 2.67 bits per heavy atom. The zero-order chi connectivity index (χ0) is 15.9. The molecule has 2 saturated carbocycles. The summed E-state index contributed by atoms with van der Waals surface area (Å²) in [4.78, 5) is 12.7. The van der Waals surface area contributed by atoms with Crippen LogP contribution in [0.25, 0.3) is 0 Å². The van der Waals surface area contributed by atoms with Crippen molar-refractivity contribution >= 4 is 18.3 Å². The van der Waals surface area contributed by atoms with Gasteiger partial charge < -0.3 is 15.8 Å². The molecule has 0 aromatic heterocycles. The fraction of sp³-hybridized carbons (Fsp3) is 0.632. The van der Waals surface area contributed by atoms with Crippen molar-refractivity contribution in [3.8, 4) is 5.75 Å².